The first-order chi connectivity index (χ1) is 13.4. The normalized spacial score (nSPS) is 15.9. The van der Waals surface area contributed by atoms with E-state index in [1.54, 1.807) is 31.2 Å². The van der Waals surface area contributed by atoms with Gasteiger partial charge in [0.25, 0.3) is 0 Å². The third kappa shape index (κ3) is 3.98. The molecule has 2 atom stereocenters. The predicted molar refractivity (Wildman–Crippen MR) is 102 cm³/mol. The number of hydrogen-bond donors (Lipinski definition) is 2. The Balaban J connectivity index is 2.02. The second-order valence-corrected chi connectivity index (χ2v) is 6.37. The van der Waals surface area contributed by atoms with Crippen LogP contribution in [0.3, 0.4) is 0 Å². The smallest absolute Gasteiger partial charge is 0.211 e. The van der Waals surface area contributed by atoms with Gasteiger partial charge in [0.1, 0.15) is 23.6 Å². The summed E-state index contributed by atoms with van der Waals surface area (Å²) in [7, 11) is 0. The van der Waals surface area contributed by atoms with Crippen LogP contribution in [0.5, 0.6) is 0 Å². The molecule has 0 radical (unpaired) electrons. The molecule has 2 unspecified atom stereocenters. The minimum absolute atomic E-state index is 0.0605. The van der Waals surface area contributed by atoms with Gasteiger partial charge in [-0.1, -0.05) is 25.1 Å². The minimum Gasteiger partial charge on any atom is -0.382 e. The van der Waals surface area contributed by atoms with E-state index < -0.39 is 23.2 Å². The molecule has 0 saturated heterocycles. The van der Waals surface area contributed by atoms with Gasteiger partial charge in [0.2, 0.25) is 6.41 Å². The molecule has 1 aliphatic heterocycles. The maximum atomic E-state index is 14.6. The van der Waals surface area contributed by atoms with Crippen molar-refractivity contribution in [3.63, 3.8) is 0 Å². The van der Waals surface area contributed by atoms with Gasteiger partial charge in [-0.2, -0.15) is 0 Å². The molecule has 0 fully saturated rings. The molecule has 8 heteroatoms. The first-order valence-electron chi connectivity index (χ1n) is 8.50. The Labute approximate surface area is 160 Å². The number of aliphatic imine (C=N–C) groups is 1. The first-order valence-corrected chi connectivity index (χ1v) is 8.50. The predicted octanol–water partition coefficient (Wildman–Crippen LogP) is 2.97. The van der Waals surface area contributed by atoms with Gasteiger partial charge in [0.15, 0.2) is 0 Å². The molecule has 0 bridgehead atoms. The van der Waals surface area contributed by atoms with Crippen LogP contribution in [0.1, 0.15) is 24.0 Å². The number of hydrogen-bond acceptors (Lipinski definition) is 5. The summed E-state index contributed by atoms with van der Waals surface area (Å²) in [6.07, 6.45) is 3.30. The second kappa shape index (κ2) is 8.12. The Morgan fingerprint density at radius 2 is 2.04 bits per heavy atom. The topological polar surface area (TPSA) is 77.3 Å². The van der Waals surface area contributed by atoms with E-state index in [1.807, 2.05) is 0 Å². The number of β-amino-alcohol motifs (C(OH)–C–C–N with tert-alkyl or cyclic N) is 1. The molecule has 2 aromatic carbocycles. The molecular formula is C20H18F2N4O2. The van der Waals surface area contributed by atoms with Crippen LogP contribution < -0.4 is 5.32 Å². The summed E-state index contributed by atoms with van der Waals surface area (Å²) in [5.74, 6) is 0.356. The molecule has 2 N–H and O–H groups in total. The lowest BCUT2D eigenvalue weighted by atomic mass is 9.78. The monoisotopic (exact) mass is 384 g/mol. The highest BCUT2D eigenvalue weighted by atomic mass is 19.1. The zero-order chi connectivity index (χ0) is 20.1. The van der Waals surface area contributed by atoms with Crippen LogP contribution in [-0.2, 0) is 10.4 Å². The molecule has 0 spiro atoms. The Morgan fingerprint density at radius 1 is 1.29 bits per heavy atom. The average Bonchev–Trinajstić information content (AvgIpc) is 2.69. The second-order valence-electron chi connectivity index (χ2n) is 6.37. The Morgan fingerprint density at radius 3 is 2.64 bits per heavy atom. The zero-order valence-corrected chi connectivity index (χ0v) is 15.0. The van der Waals surface area contributed by atoms with Crippen LogP contribution in [0.2, 0.25) is 0 Å². The standard InChI is InChI=1S/C20H18F2N4O2/c1-14(15-2-5-17(6-3-15)24-13-27)20(28,11-26-12-23-8-9-25-26)18-7-4-16(21)10-19(18)22/h2-8,10,12-14,28H,11H2,1H3,(H,24,27). The SMILES string of the molecule is CC(c1ccc(NC=O)cc1)C(O)(CN1C=NC=C=N1)c1ccc(F)cc1F. The van der Waals surface area contributed by atoms with Gasteiger partial charge in [-0.25, -0.2) is 18.8 Å². The number of carbonyl (C=O) groups is 1. The fourth-order valence-electron chi connectivity index (χ4n) is 3.10. The number of nitrogens with zero attached hydrogens (tertiary/aromatic N) is 3. The molecule has 0 saturated carbocycles. The molecular weight excluding hydrogens is 366 g/mol. The quantitative estimate of drug-likeness (QED) is 0.721. The lowest BCUT2D eigenvalue weighted by Gasteiger charge is -2.37. The fourth-order valence-corrected chi connectivity index (χ4v) is 3.10. The lowest BCUT2D eigenvalue weighted by molar-refractivity contribution is -0.105. The molecule has 1 amide bonds. The van der Waals surface area contributed by atoms with Gasteiger partial charge >= 0.3 is 0 Å². The summed E-state index contributed by atoms with van der Waals surface area (Å²) in [5, 5.41) is 19.4. The zero-order valence-electron chi connectivity index (χ0n) is 15.0. The van der Waals surface area contributed by atoms with Crippen LogP contribution in [0.25, 0.3) is 0 Å². The number of halogens is 2. The van der Waals surface area contributed by atoms with Gasteiger partial charge in [-0.05, 0) is 23.8 Å². The van der Waals surface area contributed by atoms with Crippen molar-refractivity contribution in [2.45, 2.75) is 18.4 Å². The lowest BCUT2D eigenvalue weighted by Crippen LogP contribution is -2.43. The van der Waals surface area contributed by atoms with Gasteiger partial charge in [-0.3, -0.25) is 4.79 Å². The molecule has 28 heavy (non-hydrogen) atoms. The molecule has 0 aliphatic carbocycles. The van der Waals surface area contributed by atoms with Gasteiger partial charge in [0.05, 0.1) is 12.7 Å². The van der Waals surface area contributed by atoms with Crippen molar-refractivity contribution in [1.82, 2.24) is 5.01 Å². The number of nitrogens with one attached hydrogen (secondary N) is 1. The number of hydrazone groups is 1. The summed E-state index contributed by atoms with van der Waals surface area (Å²) in [6.45, 7) is 1.60. The number of aliphatic hydroxyl groups is 1. The van der Waals surface area contributed by atoms with Crippen LogP contribution in [0.15, 0.2) is 58.8 Å². The molecule has 144 valence electrons. The number of anilines is 1. The van der Waals surface area contributed by atoms with E-state index in [4.69, 9.17) is 0 Å². The van der Waals surface area contributed by atoms with Gasteiger partial charge < -0.3 is 10.4 Å². The van der Waals surface area contributed by atoms with Crippen molar-refractivity contribution >= 4 is 24.3 Å². The van der Waals surface area contributed by atoms with E-state index in [9.17, 15) is 18.7 Å². The maximum absolute atomic E-state index is 14.6. The number of carbonyl (C=O) groups excluding carboxylic acids is 1. The number of amides is 1. The van der Waals surface area contributed by atoms with Crippen molar-refractivity contribution in [3.05, 3.63) is 71.4 Å². The highest BCUT2D eigenvalue weighted by Gasteiger charge is 2.40. The molecule has 1 aliphatic rings. The summed E-state index contributed by atoms with van der Waals surface area (Å²) in [4.78, 5) is 14.5. The highest BCUT2D eigenvalue weighted by Crippen LogP contribution is 2.39. The van der Waals surface area contributed by atoms with Crippen LogP contribution in [0.4, 0.5) is 14.5 Å². The average molecular weight is 384 g/mol. The van der Waals surface area contributed by atoms with Crippen molar-refractivity contribution in [1.29, 1.82) is 0 Å². The number of rotatable bonds is 7. The molecule has 2 aromatic rings. The van der Waals surface area contributed by atoms with E-state index >= 15 is 0 Å². The van der Waals surface area contributed by atoms with Crippen LogP contribution in [0, 0.1) is 11.6 Å². The van der Waals surface area contributed by atoms with E-state index in [2.05, 4.69) is 21.3 Å². The van der Waals surface area contributed by atoms with E-state index in [0.717, 1.165) is 12.1 Å². The van der Waals surface area contributed by atoms with E-state index in [1.165, 1.54) is 23.6 Å². The van der Waals surface area contributed by atoms with E-state index in [-0.39, 0.29) is 12.1 Å². The summed E-state index contributed by atoms with van der Waals surface area (Å²) < 4.78 is 28.0. The van der Waals surface area contributed by atoms with Crippen molar-refractivity contribution in [3.8, 4) is 0 Å². The molecule has 3 rings (SSSR count). The van der Waals surface area contributed by atoms with Crippen molar-refractivity contribution in [2.75, 3.05) is 11.9 Å². The summed E-state index contributed by atoms with van der Waals surface area (Å²) in [5.41, 5.74) is -0.544. The highest BCUT2D eigenvalue weighted by molar-refractivity contribution is 5.71. The Hall–Kier alpha value is -3.35. The van der Waals surface area contributed by atoms with Gasteiger partial charge in [-0.15, -0.1) is 5.10 Å². The van der Waals surface area contributed by atoms with E-state index in [0.29, 0.717) is 17.7 Å². The first kappa shape index (κ1) is 19.4. The summed E-state index contributed by atoms with van der Waals surface area (Å²) >= 11 is 0. The maximum Gasteiger partial charge on any atom is 0.211 e. The third-order valence-electron chi connectivity index (χ3n) is 4.67. The Bertz CT molecular complexity index is 955. The van der Waals surface area contributed by atoms with Crippen molar-refractivity contribution < 1.29 is 18.7 Å². The molecule has 6 nitrogen and oxygen atoms in total. The van der Waals surface area contributed by atoms with Crippen LogP contribution >= 0.6 is 0 Å². The summed E-state index contributed by atoms with van der Waals surface area (Å²) in [6, 6.07) is 9.84. The van der Waals surface area contributed by atoms with Crippen LogP contribution in [-0.4, -0.2) is 35.3 Å². The molecule has 1 heterocycles. The minimum atomic E-state index is -1.76. The largest absolute Gasteiger partial charge is 0.382 e. The fraction of sp³-hybridized carbons (Fsp3) is 0.200. The third-order valence-corrected chi connectivity index (χ3v) is 4.67. The van der Waals surface area contributed by atoms with Crippen molar-refractivity contribution in [2.24, 2.45) is 10.1 Å². The molecule has 0 aromatic heterocycles. The number of benzene rings is 2. The van der Waals surface area contributed by atoms with Gasteiger partial charge in [0, 0.05) is 29.1 Å². The Kier molecular flexibility index (Phi) is 5.63.